The second-order valence-electron chi connectivity index (χ2n) is 7.00. The highest BCUT2D eigenvalue weighted by atomic mass is 19.4. The molecule has 2 saturated heterocycles. The Balaban J connectivity index is 1.83. The van der Waals surface area contributed by atoms with E-state index in [1.807, 2.05) is 13.8 Å². The molecule has 6 nitrogen and oxygen atoms in total. The van der Waals surface area contributed by atoms with E-state index in [-0.39, 0.29) is 5.69 Å². The summed E-state index contributed by atoms with van der Waals surface area (Å²) in [7, 11) is 0. The van der Waals surface area contributed by atoms with Gasteiger partial charge in [-0.05, 0) is 19.9 Å². The van der Waals surface area contributed by atoms with E-state index in [0.29, 0.717) is 37.4 Å². The highest BCUT2D eigenvalue weighted by Gasteiger charge is 2.48. The Bertz CT molecular complexity index is 621. The van der Waals surface area contributed by atoms with Gasteiger partial charge in [0.1, 0.15) is 17.8 Å². The van der Waals surface area contributed by atoms with Gasteiger partial charge in [0.2, 0.25) is 0 Å². The van der Waals surface area contributed by atoms with Gasteiger partial charge in [0.15, 0.2) is 0 Å². The van der Waals surface area contributed by atoms with Crippen molar-refractivity contribution in [3.8, 4) is 0 Å². The highest BCUT2D eigenvalue weighted by Crippen LogP contribution is 2.35. The molecule has 0 aliphatic carbocycles. The van der Waals surface area contributed by atoms with Crippen molar-refractivity contribution >= 4 is 5.91 Å². The summed E-state index contributed by atoms with van der Waals surface area (Å²) in [6.07, 6.45) is -2.58. The first-order chi connectivity index (χ1) is 11.1. The molecule has 2 aliphatic heterocycles. The van der Waals surface area contributed by atoms with E-state index in [1.54, 1.807) is 4.90 Å². The minimum atomic E-state index is -4.44. The van der Waals surface area contributed by atoms with Crippen LogP contribution in [0.1, 0.15) is 30.8 Å². The van der Waals surface area contributed by atoms with Crippen molar-refractivity contribution in [2.75, 3.05) is 26.3 Å². The average Bonchev–Trinajstić information content (AvgIpc) is 3.04. The Labute approximate surface area is 137 Å². The Hall–Kier alpha value is -1.61. The zero-order chi connectivity index (χ0) is 17.6. The van der Waals surface area contributed by atoms with Gasteiger partial charge >= 0.3 is 6.18 Å². The largest absolute Gasteiger partial charge is 0.408 e. The fraction of sp³-hybridized carbons (Fsp3) is 0.733. The normalized spacial score (nSPS) is 27.0. The summed E-state index contributed by atoms with van der Waals surface area (Å²) < 4.78 is 50.2. The quantitative estimate of drug-likeness (QED) is 0.819. The number of rotatable bonds is 2. The lowest BCUT2D eigenvalue weighted by Crippen LogP contribution is -2.61. The topological polar surface area (TPSA) is 56.6 Å². The standard InChI is InChI=1S/C15H20F3N3O3/c1-13(2)7-20(8-14(24-13)4-6-23-10-14)12(22)11-3-5-19-21(11)9-15(16,17)18/h3,5H,4,6-10H2,1-2H3. The number of nitrogens with zero attached hydrogens (tertiary/aromatic N) is 3. The molecule has 1 aromatic heterocycles. The van der Waals surface area contributed by atoms with Gasteiger partial charge in [-0.3, -0.25) is 9.48 Å². The van der Waals surface area contributed by atoms with Gasteiger partial charge in [0, 0.05) is 25.8 Å². The number of ether oxygens (including phenoxy) is 2. The summed E-state index contributed by atoms with van der Waals surface area (Å²) in [5, 5.41) is 3.64. The number of hydrogen-bond acceptors (Lipinski definition) is 4. The number of halogens is 3. The molecule has 0 bridgehead atoms. The van der Waals surface area contributed by atoms with Crippen LogP contribution in [0.5, 0.6) is 0 Å². The summed E-state index contributed by atoms with van der Waals surface area (Å²) >= 11 is 0. The zero-order valence-electron chi connectivity index (χ0n) is 13.6. The van der Waals surface area contributed by atoms with Crippen molar-refractivity contribution in [2.45, 2.75) is 44.2 Å². The van der Waals surface area contributed by atoms with E-state index in [1.165, 1.54) is 12.3 Å². The number of aromatic nitrogens is 2. The third-order valence-corrected chi connectivity index (χ3v) is 4.16. The van der Waals surface area contributed by atoms with Crippen LogP contribution in [0.25, 0.3) is 0 Å². The second kappa shape index (κ2) is 5.73. The number of amides is 1. The Morgan fingerprint density at radius 2 is 2.12 bits per heavy atom. The van der Waals surface area contributed by atoms with Crippen molar-refractivity contribution in [3.05, 3.63) is 18.0 Å². The number of hydrogen-bond donors (Lipinski definition) is 0. The average molecular weight is 347 g/mol. The molecule has 24 heavy (non-hydrogen) atoms. The van der Waals surface area contributed by atoms with Gasteiger partial charge in [-0.15, -0.1) is 0 Å². The van der Waals surface area contributed by atoms with Gasteiger partial charge in [0.25, 0.3) is 5.91 Å². The van der Waals surface area contributed by atoms with E-state index in [2.05, 4.69) is 5.10 Å². The molecule has 1 amide bonds. The van der Waals surface area contributed by atoms with Gasteiger partial charge in [-0.2, -0.15) is 18.3 Å². The summed E-state index contributed by atoms with van der Waals surface area (Å²) in [5.41, 5.74) is -1.26. The number of alkyl halides is 3. The van der Waals surface area contributed by atoms with Crippen LogP contribution in [0.3, 0.4) is 0 Å². The molecule has 2 aliphatic rings. The second-order valence-corrected chi connectivity index (χ2v) is 7.00. The van der Waals surface area contributed by atoms with E-state index in [4.69, 9.17) is 9.47 Å². The van der Waals surface area contributed by atoms with E-state index in [9.17, 15) is 18.0 Å². The van der Waals surface area contributed by atoms with E-state index in [0.717, 1.165) is 0 Å². The first-order valence-electron chi connectivity index (χ1n) is 7.75. The van der Waals surface area contributed by atoms with Crippen LogP contribution in [0.15, 0.2) is 12.3 Å². The molecule has 0 radical (unpaired) electrons. The van der Waals surface area contributed by atoms with Crippen LogP contribution >= 0.6 is 0 Å². The molecular formula is C15H20F3N3O3. The van der Waals surface area contributed by atoms with Gasteiger partial charge < -0.3 is 14.4 Å². The van der Waals surface area contributed by atoms with Gasteiger partial charge in [-0.1, -0.05) is 0 Å². The minimum absolute atomic E-state index is 0.0703. The summed E-state index contributed by atoms with van der Waals surface area (Å²) in [5.74, 6) is -0.473. The lowest BCUT2D eigenvalue weighted by Gasteiger charge is -2.47. The lowest BCUT2D eigenvalue weighted by molar-refractivity contribution is -0.186. The molecule has 1 unspecified atom stereocenters. The van der Waals surface area contributed by atoms with Crippen LogP contribution in [0.4, 0.5) is 13.2 Å². The molecule has 2 fully saturated rings. The number of morpholine rings is 1. The van der Waals surface area contributed by atoms with Crippen LogP contribution < -0.4 is 0 Å². The smallest absolute Gasteiger partial charge is 0.378 e. The summed E-state index contributed by atoms with van der Waals surface area (Å²) in [6, 6.07) is 1.31. The molecule has 0 aromatic carbocycles. The molecule has 9 heteroatoms. The highest BCUT2D eigenvalue weighted by molar-refractivity contribution is 5.92. The molecule has 0 saturated carbocycles. The van der Waals surface area contributed by atoms with E-state index < -0.39 is 29.8 Å². The summed E-state index contributed by atoms with van der Waals surface area (Å²) in [4.78, 5) is 14.3. The minimum Gasteiger partial charge on any atom is -0.378 e. The Kier molecular flexibility index (Phi) is 4.11. The van der Waals surface area contributed by atoms with E-state index >= 15 is 0 Å². The molecule has 3 heterocycles. The van der Waals surface area contributed by atoms with Crippen LogP contribution in [0.2, 0.25) is 0 Å². The fourth-order valence-electron chi connectivity index (χ4n) is 3.42. The van der Waals surface area contributed by atoms with Crippen molar-refractivity contribution in [1.29, 1.82) is 0 Å². The Morgan fingerprint density at radius 3 is 2.75 bits per heavy atom. The first-order valence-corrected chi connectivity index (χ1v) is 7.75. The third kappa shape index (κ3) is 3.56. The van der Waals surface area contributed by atoms with Crippen LogP contribution in [-0.2, 0) is 16.0 Å². The van der Waals surface area contributed by atoms with Crippen LogP contribution in [-0.4, -0.2) is 64.3 Å². The maximum Gasteiger partial charge on any atom is 0.408 e. The first kappa shape index (κ1) is 17.2. The number of carbonyl (C=O) groups excluding carboxylic acids is 1. The zero-order valence-corrected chi connectivity index (χ0v) is 13.6. The lowest BCUT2D eigenvalue weighted by atomic mass is 9.94. The molecule has 0 N–H and O–H groups in total. The van der Waals surface area contributed by atoms with Crippen molar-refractivity contribution in [2.24, 2.45) is 0 Å². The Morgan fingerprint density at radius 1 is 1.38 bits per heavy atom. The molecule has 1 spiro atoms. The fourth-order valence-corrected chi connectivity index (χ4v) is 3.42. The molecule has 3 rings (SSSR count). The maximum absolute atomic E-state index is 12.8. The summed E-state index contributed by atoms with van der Waals surface area (Å²) in [6.45, 7) is 3.95. The SMILES string of the molecule is CC1(C)CN(C(=O)c2ccnn2CC(F)(F)F)CC2(CCOC2)O1. The predicted molar refractivity (Wildman–Crippen MR) is 77.5 cm³/mol. The van der Waals surface area contributed by atoms with Crippen LogP contribution in [0, 0.1) is 0 Å². The number of carbonyl (C=O) groups is 1. The van der Waals surface area contributed by atoms with Crippen molar-refractivity contribution < 1.29 is 27.4 Å². The molecular weight excluding hydrogens is 327 g/mol. The maximum atomic E-state index is 12.8. The molecule has 1 atom stereocenters. The third-order valence-electron chi connectivity index (χ3n) is 4.16. The molecule has 1 aromatic rings. The van der Waals surface area contributed by atoms with Crippen molar-refractivity contribution in [3.63, 3.8) is 0 Å². The molecule has 134 valence electrons. The van der Waals surface area contributed by atoms with Gasteiger partial charge in [-0.25, -0.2) is 0 Å². The predicted octanol–water partition coefficient (Wildman–Crippen LogP) is 1.86. The van der Waals surface area contributed by atoms with Gasteiger partial charge in [0.05, 0.1) is 18.8 Å². The van der Waals surface area contributed by atoms with Crippen molar-refractivity contribution in [1.82, 2.24) is 14.7 Å². The monoisotopic (exact) mass is 347 g/mol.